The minimum atomic E-state index is -0.947. The average molecular weight is 583 g/mol. The highest BCUT2D eigenvalue weighted by Crippen LogP contribution is 2.12. The Morgan fingerprint density at radius 1 is 0.878 bits per heavy atom. The molecule has 0 saturated carbocycles. The number of benzene rings is 1. The minimum absolute atomic E-state index is 0.0443. The third-order valence-electron chi connectivity index (χ3n) is 5.75. The fourth-order valence-electron chi connectivity index (χ4n) is 3.54. The molecular weight excluding hydrogens is 536 g/mol. The van der Waals surface area contributed by atoms with Crippen LogP contribution in [0.2, 0.25) is 0 Å². The highest BCUT2D eigenvalue weighted by Gasteiger charge is 2.28. The van der Waals surface area contributed by atoms with Crippen LogP contribution in [-0.4, -0.2) is 93.7 Å². The van der Waals surface area contributed by atoms with Crippen molar-refractivity contribution >= 4 is 29.4 Å². The molecule has 0 aliphatic carbocycles. The van der Waals surface area contributed by atoms with Crippen molar-refractivity contribution in [1.29, 1.82) is 0 Å². The molecule has 2 atom stereocenters. The summed E-state index contributed by atoms with van der Waals surface area (Å²) < 4.78 is 16.0. The van der Waals surface area contributed by atoms with Crippen molar-refractivity contribution in [2.24, 2.45) is 17.4 Å². The maximum absolute atomic E-state index is 13.2. The van der Waals surface area contributed by atoms with E-state index in [-0.39, 0.29) is 44.4 Å². The Morgan fingerprint density at radius 3 is 2.05 bits per heavy atom. The lowest BCUT2D eigenvalue weighted by Gasteiger charge is -2.25. The molecule has 0 radical (unpaired) electrons. The number of urea groups is 1. The predicted molar refractivity (Wildman–Crippen MR) is 153 cm³/mol. The minimum Gasteiger partial charge on any atom is -0.392 e. The van der Waals surface area contributed by atoms with Crippen LogP contribution in [0.15, 0.2) is 24.3 Å². The van der Waals surface area contributed by atoms with Crippen LogP contribution in [0.5, 0.6) is 0 Å². The third-order valence-corrected chi connectivity index (χ3v) is 5.75. The van der Waals surface area contributed by atoms with Gasteiger partial charge in [0.15, 0.2) is 0 Å². The van der Waals surface area contributed by atoms with Crippen LogP contribution in [0.4, 0.5) is 10.5 Å². The van der Waals surface area contributed by atoms with Gasteiger partial charge < -0.3 is 52.1 Å². The number of rotatable bonds is 22. The first-order valence-corrected chi connectivity index (χ1v) is 13.7. The van der Waals surface area contributed by atoms with E-state index < -0.39 is 29.9 Å². The number of primary amides is 1. The largest absolute Gasteiger partial charge is 0.392 e. The van der Waals surface area contributed by atoms with E-state index in [2.05, 4.69) is 21.3 Å². The van der Waals surface area contributed by atoms with Gasteiger partial charge in [-0.2, -0.15) is 0 Å². The molecule has 1 rings (SSSR count). The van der Waals surface area contributed by atoms with Crippen LogP contribution in [-0.2, 0) is 35.2 Å². The number of nitrogens with one attached hydrogen (secondary N) is 4. The molecule has 0 aliphatic rings. The summed E-state index contributed by atoms with van der Waals surface area (Å²) in [7, 11) is 0. The number of aliphatic hydroxyl groups is 1. The second-order valence-corrected chi connectivity index (χ2v) is 9.50. The van der Waals surface area contributed by atoms with Gasteiger partial charge in [0, 0.05) is 25.2 Å². The van der Waals surface area contributed by atoms with Crippen LogP contribution < -0.4 is 32.7 Å². The normalized spacial score (nSPS) is 12.4. The van der Waals surface area contributed by atoms with Gasteiger partial charge in [-0.15, -0.1) is 0 Å². The molecule has 14 heteroatoms. The molecular formula is C27H46N6O8. The number of carbonyl (C=O) groups is 4. The Bertz CT molecular complexity index is 916. The zero-order chi connectivity index (χ0) is 30.5. The number of ether oxygens (including phenoxy) is 3. The van der Waals surface area contributed by atoms with E-state index in [4.69, 9.17) is 25.7 Å². The van der Waals surface area contributed by atoms with Gasteiger partial charge >= 0.3 is 6.03 Å². The molecule has 14 nitrogen and oxygen atoms in total. The van der Waals surface area contributed by atoms with Crippen LogP contribution in [0, 0.1) is 5.92 Å². The molecule has 0 spiro atoms. The van der Waals surface area contributed by atoms with Gasteiger partial charge in [0.2, 0.25) is 17.7 Å². The molecule has 0 fully saturated rings. The fourth-order valence-corrected chi connectivity index (χ4v) is 3.54. The lowest BCUT2D eigenvalue weighted by Crippen LogP contribution is -2.54. The molecule has 0 saturated heterocycles. The molecule has 5 amide bonds. The quantitative estimate of drug-likeness (QED) is 0.0883. The van der Waals surface area contributed by atoms with E-state index in [0.717, 1.165) is 0 Å². The summed E-state index contributed by atoms with van der Waals surface area (Å²) in [6, 6.07) is 4.09. The molecule has 0 aliphatic heterocycles. The Kier molecular flexibility index (Phi) is 18.7. The van der Waals surface area contributed by atoms with Crippen molar-refractivity contribution in [2.45, 2.75) is 51.8 Å². The second kappa shape index (κ2) is 21.4. The fraction of sp³-hybridized carbons (Fsp3) is 0.630. The maximum Gasteiger partial charge on any atom is 0.312 e. The average Bonchev–Trinajstić information content (AvgIpc) is 2.94. The van der Waals surface area contributed by atoms with E-state index in [9.17, 15) is 24.3 Å². The Labute approximate surface area is 241 Å². The van der Waals surface area contributed by atoms with Crippen molar-refractivity contribution < 1.29 is 38.5 Å². The van der Waals surface area contributed by atoms with Gasteiger partial charge in [0.25, 0.3) is 0 Å². The summed E-state index contributed by atoms with van der Waals surface area (Å²) >= 11 is 0. The van der Waals surface area contributed by atoms with Crippen molar-refractivity contribution in [3.8, 4) is 0 Å². The van der Waals surface area contributed by atoms with Gasteiger partial charge in [-0.1, -0.05) is 26.0 Å². The molecule has 9 N–H and O–H groups in total. The van der Waals surface area contributed by atoms with Crippen LogP contribution >= 0.6 is 0 Å². The van der Waals surface area contributed by atoms with E-state index in [1.165, 1.54) is 0 Å². The zero-order valence-corrected chi connectivity index (χ0v) is 24.0. The molecule has 0 bridgehead atoms. The summed E-state index contributed by atoms with van der Waals surface area (Å²) in [4.78, 5) is 49.7. The monoisotopic (exact) mass is 582 g/mol. The Balaban J connectivity index is 2.62. The van der Waals surface area contributed by atoms with Gasteiger partial charge in [0.1, 0.15) is 12.1 Å². The van der Waals surface area contributed by atoms with Gasteiger partial charge in [-0.25, -0.2) is 4.79 Å². The van der Waals surface area contributed by atoms with Crippen LogP contribution in [0.3, 0.4) is 0 Å². The highest BCUT2D eigenvalue weighted by atomic mass is 16.5. The topological polar surface area (TPSA) is 216 Å². The number of hydrogen-bond acceptors (Lipinski definition) is 9. The second-order valence-electron chi connectivity index (χ2n) is 9.50. The summed E-state index contributed by atoms with van der Waals surface area (Å²) in [5.74, 6) is -1.62. The van der Waals surface area contributed by atoms with E-state index in [1.54, 1.807) is 38.1 Å². The molecule has 0 unspecified atom stereocenters. The smallest absolute Gasteiger partial charge is 0.312 e. The first-order chi connectivity index (χ1) is 19.7. The number of nitrogens with two attached hydrogens (primary N) is 2. The van der Waals surface area contributed by atoms with Crippen LogP contribution in [0.25, 0.3) is 0 Å². The lowest BCUT2D eigenvalue weighted by atomic mass is 10.0. The summed E-state index contributed by atoms with van der Waals surface area (Å²) in [6.45, 7) is 6.27. The molecule has 0 heterocycles. The summed E-state index contributed by atoms with van der Waals surface area (Å²) in [6.07, 6.45) is 0.619. The highest BCUT2D eigenvalue weighted by molar-refractivity contribution is 5.98. The molecule has 1 aromatic rings. The van der Waals surface area contributed by atoms with E-state index in [0.29, 0.717) is 57.3 Å². The molecule has 1 aromatic carbocycles. The number of amides is 5. The Hall–Kier alpha value is -3.30. The van der Waals surface area contributed by atoms with Crippen molar-refractivity contribution in [2.75, 3.05) is 58.0 Å². The maximum atomic E-state index is 13.2. The Morgan fingerprint density at radius 2 is 1.49 bits per heavy atom. The summed E-state index contributed by atoms with van der Waals surface area (Å²) in [5, 5.41) is 19.9. The molecule has 0 aromatic heterocycles. The van der Waals surface area contributed by atoms with E-state index >= 15 is 0 Å². The summed E-state index contributed by atoms with van der Waals surface area (Å²) in [5.41, 5.74) is 11.6. The van der Waals surface area contributed by atoms with E-state index in [1.807, 2.05) is 0 Å². The number of anilines is 1. The predicted octanol–water partition coefficient (Wildman–Crippen LogP) is -0.410. The third kappa shape index (κ3) is 16.5. The van der Waals surface area contributed by atoms with Crippen molar-refractivity contribution in [3.05, 3.63) is 29.8 Å². The van der Waals surface area contributed by atoms with Gasteiger partial charge in [-0.05, 0) is 36.5 Å². The number of carbonyl (C=O) groups excluding carboxylic acids is 4. The number of hydrogen-bond donors (Lipinski definition) is 7. The first-order valence-electron chi connectivity index (χ1n) is 13.7. The molecule has 232 valence electrons. The van der Waals surface area contributed by atoms with Crippen LogP contribution in [0.1, 0.15) is 38.7 Å². The number of aliphatic hydroxyl groups excluding tert-OH is 1. The van der Waals surface area contributed by atoms with Gasteiger partial charge in [0.05, 0.1) is 46.2 Å². The first kappa shape index (κ1) is 35.7. The lowest BCUT2D eigenvalue weighted by molar-refractivity contribution is -0.132. The zero-order valence-electron chi connectivity index (χ0n) is 24.0. The molecule has 41 heavy (non-hydrogen) atoms. The standard InChI is InChI=1S/C27H46N6O8/c1-19(2)24(33-23(35)9-12-39-14-16-41-17-15-40-13-10-28)26(37)32-22(4-3-11-30-27(29)38)25(36)31-21-7-5-20(18-34)6-8-21/h5-8,19,22,24,34H,3-4,9-18,28H2,1-2H3,(H,31,36)(H,32,37)(H,33,35)(H3,29,30,38)/t22-,24-/m0/s1. The van der Waals surface area contributed by atoms with Crippen molar-refractivity contribution in [3.63, 3.8) is 0 Å². The van der Waals surface area contributed by atoms with Crippen molar-refractivity contribution in [1.82, 2.24) is 16.0 Å². The SMILES string of the molecule is CC(C)[C@H](NC(=O)CCOCCOCCOCCN)C(=O)N[C@@H](CCCNC(N)=O)C(=O)Nc1ccc(CO)cc1. The van der Waals surface area contributed by atoms with Gasteiger partial charge in [-0.3, -0.25) is 14.4 Å².